The predicted octanol–water partition coefficient (Wildman–Crippen LogP) is 1.96. The van der Waals surface area contributed by atoms with E-state index in [1.54, 1.807) is 0 Å². The number of hydrogen-bond donors (Lipinski definition) is 2. The van der Waals surface area contributed by atoms with Crippen LogP contribution in [0.1, 0.15) is 11.1 Å². The minimum absolute atomic E-state index is 0. The van der Waals surface area contributed by atoms with E-state index in [0.29, 0.717) is 22.2 Å². The Bertz CT molecular complexity index is 1890. The minimum Gasteiger partial charge on any atom is -0.442 e. The second-order valence-electron chi connectivity index (χ2n) is 8.56. The third kappa shape index (κ3) is 6.07. The van der Waals surface area contributed by atoms with E-state index in [2.05, 4.69) is 4.99 Å². The van der Waals surface area contributed by atoms with Gasteiger partial charge in [-0.15, -0.1) is 35.1 Å². The summed E-state index contributed by atoms with van der Waals surface area (Å²) in [6, 6.07) is 1.17. The van der Waals surface area contributed by atoms with Crippen LogP contribution in [0.15, 0.2) is 37.5 Å². The quantitative estimate of drug-likeness (QED) is 0.183. The number of thiazole rings is 1. The highest BCUT2D eigenvalue weighted by Crippen LogP contribution is 2.37. The maximum absolute atomic E-state index is 15.0. The van der Waals surface area contributed by atoms with Crippen molar-refractivity contribution in [2.45, 2.75) is 25.5 Å². The molecule has 42 heavy (non-hydrogen) atoms. The van der Waals surface area contributed by atoms with Crippen molar-refractivity contribution in [3.8, 4) is 11.3 Å². The van der Waals surface area contributed by atoms with Crippen LogP contribution in [-0.2, 0) is 47.7 Å². The smallest absolute Gasteiger partial charge is 0.422 e. The summed E-state index contributed by atoms with van der Waals surface area (Å²) in [5.74, 6) is -5.74. The van der Waals surface area contributed by atoms with Crippen molar-refractivity contribution in [3.63, 3.8) is 0 Å². The van der Waals surface area contributed by atoms with Crippen molar-refractivity contribution in [2.75, 3.05) is 0 Å². The molecule has 1 aromatic carbocycles. The zero-order valence-electron chi connectivity index (χ0n) is 21.4. The molecule has 11 nitrogen and oxygen atoms in total. The number of fused-ring (bicyclic) bond motifs is 1. The molecule has 19 heteroatoms. The van der Waals surface area contributed by atoms with Gasteiger partial charge in [0.2, 0.25) is 0 Å². The average Bonchev–Trinajstić information content (AvgIpc) is 3.48. The number of nitrogens with two attached hydrogens (primary N) is 2. The fourth-order valence-electron chi connectivity index (χ4n) is 3.86. The lowest BCUT2D eigenvalue weighted by Gasteiger charge is -2.15. The predicted molar refractivity (Wildman–Crippen MR) is 145 cm³/mol. The number of carbonyl (C=O) groups is 2. The van der Waals surface area contributed by atoms with Crippen LogP contribution in [-0.4, -0.2) is 31.7 Å². The number of aromatic nitrogens is 3. The number of esters is 1. The van der Waals surface area contributed by atoms with Crippen LogP contribution in [0, 0.1) is 11.6 Å². The van der Waals surface area contributed by atoms with Gasteiger partial charge in [0.1, 0.15) is 22.0 Å². The van der Waals surface area contributed by atoms with Gasteiger partial charge in [-0.1, -0.05) is 0 Å². The van der Waals surface area contributed by atoms with Gasteiger partial charge >= 0.3 is 17.8 Å². The highest BCUT2D eigenvalue weighted by Gasteiger charge is 2.39. The van der Waals surface area contributed by atoms with Gasteiger partial charge in [0.25, 0.3) is 11.5 Å². The van der Waals surface area contributed by atoms with Gasteiger partial charge in [0.15, 0.2) is 17.7 Å². The van der Waals surface area contributed by atoms with Gasteiger partial charge in [0.05, 0.1) is 17.5 Å². The van der Waals surface area contributed by atoms with Crippen LogP contribution in [0.3, 0.4) is 0 Å². The summed E-state index contributed by atoms with van der Waals surface area (Å²) in [4.78, 5) is 53.7. The van der Waals surface area contributed by atoms with E-state index in [0.717, 1.165) is 31.9 Å². The summed E-state index contributed by atoms with van der Waals surface area (Å²) in [6.07, 6.45) is -7.36. The Kier molecular flexibility index (Phi) is 9.57. The van der Waals surface area contributed by atoms with E-state index in [1.807, 2.05) is 0 Å². The summed E-state index contributed by atoms with van der Waals surface area (Å²) in [5, 5.41) is 2.76. The molecule has 0 saturated carbocycles. The Balaban J connectivity index is 0.00000484. The maximum Gasteiger partial charge on any atom is 0.422 e. The Labute approximate surface area is 245 Å². The molecule has 3 heterocycles. The van der Waals surface area contributed by atoms with E-state index in [9.17, 15) is 41.1 Å². The van der Waals surface area contributed by atoms with E-state index < -0.39 is 71.4 Å². The van der Waals surface area contributed by atoms with Gasteiger partial charge in [-0.3, -0.25) is 23.3 Å². The molecule has 4 N–H and O–H groups in total. The number of hydrogen-bond acceptors (Lipinski definition) is 9. The SMILES string of the molecule is Cl.Cn1c(=O)c2c(CC(=O)N=c3scc(-c4ccc(F)c(C(F)(F)F)c4F)n3COC(=O)C(N)N)csc2n(C)c1=O. The standard InChI is InChI=1S/C23H19F5N6O5S2.ClH/c1-32-18(36)14-9(6-40-19(14)33(2)22(32)38)5-13(35)31-21-34(8-39-20(37)17(29)30)12(7-41-21)10-3-4-11(24)15(16(10)25)23(26,27)28;/h3-4,6-7,17H,5,8,29-30H2,1-2H3;1H. The maximum atomic E-state index is 15.0. The number of amides is 1. The summed E-state index contributed by atoms with van der Waals surface area (Å²) < 4.78 is 76.8. The number of benzene rings is 1. The van der Waals surface area contributed by atoms with Gasteiger partial charge in [-0.05, 0) is 23.1 Å². The molecule has 0 aliphatic carbocycles. The normalized spacial score (nSPS) is 12.2. The van der Waals surface area contributed by atoms with E-state index in [1.165, 1.54) is 24.0 Å². The molecule has 1 amide bonds. The number of aryl methyl sites for hydroxylation is 1. The van der Waals surface area contributed by atoms with Crippen molar-refractivity contribution in [2.24, 2.45) is 30.6 Å². The van der Waals surface area contributed by atoms with Crippen molar-refractivity contribution in [1.82, 2.24) is 13.7 Å². The number of carbonyl (C=O) groups excluding carboxylic acids is 2. The molecule has 0 unspecified atom stereocenters. The molecule has 0 saturated heterocycles. The molecule has 3 aromatic heterocycles. The highest BCUT2D eigenvalue weighted by molar-refractivity contribution is 7.17. The van der Waals surface area contributed by atoms with Gasteiger partial charge in [-0.2, -0.15) is 18.2 Å². The highest BCUT2D eigenvalue weighted by atomic mass is 35.5. The monoisotopic (exact) mass is 654 g/mol. The fourth-order valence-corrected chi connectivity index (χ4v) is 5.79. The fraction of sp³-hybridized carbons (Fsp3) is 0.261. The lowest BCUT2D eigenvalue weighted by Crippen LogP contribution is -2.41. The van der Waals surface area contributed by atoms with Crippen molar-refractivity contribution >= 4 is 57.2 Å². The first-order valence-electron chi connectivity index (χ1n) is 11.3. The van der Waals surface area contributed by atoms with Crippen LogP contribution < -0.4 is 27.5 Å². The zero-order valence-corrected chi connectivity index (χ0v) is 23.8. The molecule has 4 aromatic rings. The van der Waals surface area contributed by atoms with Crippen molar-refractivity contribution in [3.05, 3.63) is 71.3 Å². The average molecular weight is 655 g/mol. The van der Waals surface area contributed by atoms with Crippen LogP contribution in [0.25, 0.3) is 21.5 Å². The van der Waals surface area contributed by atoms with Crippen LogP contribution in [0.2, 0.25) is 0 Å². The van der Waals surface area contributed by atoms with Crippen molar-refractivity contribution in [1.29, 1.82) is 0 Å². The number of alkyl halides is 3. The lowest BCUT2D eigenvalue weighted by atomic mass is 10.1. The summed E-state index contributed by atoms with van der Waals surface area (Å²) >= 11 is 1.74. The molecule has 0 radical (unpaired) electrons. The third-order valence-corrected chi connectivity index (χ3v) is 7.83. The number of ether oxygens (including phenoxy) is 1. The number of rotatable bonds is 6. The number of halogens is 6. The molecule has 4 rings (SSSR count). The van der Waals surface area contributed by atoms with Gasteiger partial charge < -0.3 is 16.2 Å². The summed E-state index contributed by atoms with van der Waals surface area (Å²) in [6.45, 7) is -0.795. The molecule has 226 valence electrons. The third-order valence-electron chi connectivity index (χ3n) is 5.86. The minimum atomic E-state index is -5.36. The van der Waals surface area contributed by atoms with Crippen LogP contribution in [0.5, 0.6) is 0 Å². The van der Waals surface area contributed by atoms with E-state index in [-0.39, 0.29) is 33.9 Å². The zero-order chi connectivity index (χ0) is 30.4. The number of thiophene rings is 1. The van der Waals surface area contributed by atoms with Crippen molar-refractivity contribution < 1.29 is 36.3 Å². The molecule has 0 spiro atoms. The van der Waals surface area contributed by atoms with Gasteiger partial charge in [0, 0.05) is 25.0 Å². The molecule has 0 bridgehead atoms. The Morgan fingerprint density at radius 2 is 1.74 bits per heavy atom. The molecule has 0 aliphatic heterocycles. The summed E-state index contributed by atoms with van der Waals surface area (Å²) in [7, 11) is 2.74. The molecule has 0 aliphatic rings. The van der Waals surface area contributed by atoms with Crippen LogP contribution in [0.4, 0.5) is 22.0 Å². The Hall–Kier alpha value is -3.71. The Morgan fingerprint density at radius 1 is 1.07 bits per heavy atom. The lowest BCUT2D eigenvalue weighted by molar-refractivity contribution is -0.149. The summed E-state index contributed by atoms with van der Waals surface area (Å²) in [5.41, 5.74) is 6.41. The van der Waals surface area contributed by atoms with E-state index in [4.69, 9.17) is 16.2 Å². The molecular weight excluding hydrogens is 635 g/mol. The molecule has 0 fully saturated rings. The van der Waals surface area contributed by atoms with Gasteiger partial charge in [-0.25, -0.2) is 18.4 Å². The first-order valence-corrected chi connectivity index (χ1v) is 13.0. The van der Waals surface area contributed by atoms with E-state index >= 15 is 0 Å². The largest absolute Gasteiger partial charge is 0.442 e. The second kappa shape index (κ2) is 12.3. The topological polar surface area (TPSA) is 157 Å². The van der Waals surface area contributed by atoms with Crippen LogP contribution >= 0.6 is 35.1 Å². The number of nitrogens with zero attached hydrogens (tertiary/aromatic N) is 4. The molecule has 0 atom stereocenters. The Morgan fingerprint density at radius 3 is 2.36 bits per heavy atom. The first-order chi connectivity index (χ1) is 19.1. The molecular formula is C23H20ClF5N6O5S2. The second-order valence-corrected chi connectivity index (χ2v) is 10.3. The first kappa shape index (κ1) is 32.8.